The van der Waals surface area contributed by atoms with Crippen molar-refractivity contribution in [1.82, 2.24) is 5.32 Å². The first-order valence-electron chi connectivity index (χ1n) is 8.08. The van der Waals surface area contributed by atoms with E-state index in [2.05, 4.69) is 5.32 Å². The van der Waals surface area contributed by atoms with Gasteiger partial charge in [-0.05, 0) is 44.6 Å². The molecule has 0 aromatic rings. The average Bonchev–Trinajstić information content (AvgIpc) is 2.83. The van der Waals surface area contributed by atoms with E-state index in [-0.39, 0.29) is 5.97 Å². The van der Waals surface area contributed by atoms with Crippen LogP contribution in [0.15, 0.2) is 0 Å². The number of hydrogen-bond donors (Lipinski definition) is 1. The van der Waals surface area contributed by atoms with E-state index >= 15 is 0 Å². The monoisotopic (exact) mass is 283 g/mol. The van der Waals surface area contributed by atoms with E-state index in [0.717, 1.165) is 44.8 Å². The molecule has 20 heavy (non-hydrogen) atoms. The SMILES string of the molecule is CNC1(C(=O)OC)CCCC1CCOCCC1CCC1. The van der Waals surface area contributed by atoms with Gasteiger partial charge in [-0.3, -0.25) is 4.79 Å². The largest absolute Gasteiger partial charge is 0.468 e. The summed E-state index contributed by atoms with van der Waals surface area (Å²) in [6, 6.07) is 0. The van der Waals surface area contributed by atoms with Crippen LogP contribution in [0.3, 0.4) is 0 Å². The second-order valence-electron chi connectivity index (χ2n) is 6.29. The molecule has 0 aromatic heterocycles. The molecule has 2 aliphatic rings. The van der Waals surface area contributed by atoms with Crippen LogP contribution in [0, 0.1) is 11.8 Å². The highest BCUT2D eigenvalue weighted by molar-refractivity contribution is 5.81. The number of nitrogens with one attached hydrogen (secondary N) is 1. The van der Waals surface area contributed by atoms with Gasteiger partial charge >= 0.3 is 5.97 Å². The van der Waals surface area contributed by atoms with Crippen molar-refractivity contribution in [3.8, 4) is 0 Å². The molecule has 116 valence electrons. The van der Waals surface area contributed by atoms with Gasteiger partial charge in [0.15, 0.2) is 0 Å². The number of ether oxygens (including phenoxy) is 2. The van der Waals surface area contributed by atoms with Gasteiger partial charge < -0.3 is 14.8 Å². The first-order chi connectivity index (χ1) is 9.73. The fraction of sp³-hybridized carbons (Fsp3) is 0.938. The maximum absolute atomic E-state index is 12.1. The van der Waals surface area contributed by atoms with E-state index in [1.807, 2.05) is 7.05 Å². The minimum atomic E-state index is -0.480. The maximum atomic E-state index is 12.1. The predicted molar refractivity (Wildman–Crippen MR) is 78.5 cm³/mol. The van der Waals surface area contributed by atoms with Gasteiger partial charge in [-0.25, -0.2) is 0 Å². The fourth-order valence-electron chi connectivity index (χ4n) is 3.71. The lowest BCUT2D eigenvalue weighted by Gasteiger charge is -2.32. The Balaban J connectivity index is 1.71. The summed E-state index contributed by atoms with van der Waals surface area (Å²) >= 11 is 0. The van der Waals surface area contributed by atoms with Crippen molar-refractivity contribution in [2.45, 2.75) is 56.9 Å². The number of carbonyl (C=O) groups excluding carboxylic acids is 1. The second-order valence-corrected chi connectivity index (χ2v) is 6.29. The number of carbonyl (C=O) groups is 1. The van der Waals surface area contributed by atoms with Crippen molar-refractivity contribution in [2.75, 3.05) is 27.4 Å². The molecule has 0 aliphatic heterocycles. The van der Waals surface area contributed by atoms with Gasteiger partial charge in [-0.1, -0.05) is 25.7 Å². The normalized spacial score (nSPS) is 30.2. The van der Waals surface area contributed by atoms with E-state index in [1.54, 1.807) is 0 Å². The molecule has 0 saturated heterocycles. The smallest absolute Gasteiger partial charge is 0.326 e. The van der Waals surface area contributed by atoms with Crippen LogP contribution in [-0.4, -0.2) is 38.9 Å². The number of esters is 1. The Bertz CT molecular complexity index is 317. The Hall–Kier alpha value is -0.610. The van der Waals surface area contributed by atoms with Gasteiger partial charge in [-0.15, -0.1) is 0 Å². The third-order valence-electron chi connectivity index (χ3n) is 5.32. The summed E-state index contributed by atoms with van der Waals surface area (Å²) in [6.07, 6.45) is 9.37. The highest BCUT2D eigenvalue weighted by Gasteiger charge is 2.48. The van der Waals surface area contributed by atoms with E-state index in [0.29, 0.717) is 5.92 Å². The molecule has 2 unspecified atom stereocenters. The van der Waals surface area contributed by atoms with Gasteiger partial charge in [0.1, 0.15) is 5.54 Å². The van der Waals surface area contributed by atoms with Crippen molar-refractivity contribution < 1.29 is 14.3 Å². The number of likely N-dealkylation sites (N-methyl/N-ethyl adjacent to an activating group) is 1. The summed E-state index contributed by atoms with van der Waals surface area (Å²) in [6.45, 7) is 1.64. The Kier molecular flexibility index (Phi) is 5.85. The molecule has 0 radical (unpaired) electrons. The molecule has 2 fully saturated rings. The Morgan fingerprint density at radius 3 is 2.55 bits per heavy atom. The molecule has 0 amide bonds. The molecule has 2 atom stereocenters. The quantitative estimate of drug-likeness (QED) is 0.549. The first kappa shape index (κ1) is 15.8. The summed E-state index contributed by atoms with van der Waals surface area (Å²) in [5.41, 5.74) is -0.480. The Labute approximate surface area is 122 Å². The van der Waals surface area contributed by atoms with Crippen molar-refractivity contribution in [1.29, 1.82) is 0 Å². The van der Waals surface area contributed by atoms with Crippen LogP contribution in [0.2, 0.25) is 0 Å². The lowest BCUT2D eigenvalue weighted by Crippen LogP contribution is -2.54. The van der Waals surface area contributed by atoms with E-state index < -0.39 is 5.54 Å². The van der Waals surface area contributed by atoms with Crippen LogP contribution in [-0.2, 0) is 14.3 Å². The summed E-state index contributed by atoms with van der Waals surface area (Å²) in [7, 11) is 3.35. The van der Waals surface area contributed by atoms with Gasteiger partial charge in [0.05, 0.1) is 7.11 Å². The third-order valence-corrected chi connectivity index (χ3v) is 5.32. The van der Waals surface area contributed by atoms with Crippen LogP contribution >= 0.6 is 0 Å². The fourth-order valence-corrected chi connectivity index (χ4v) is 3.71. The van der Waals surface area contributed by atoms with Crippen molar-refractivity contribution >= 4 is 5.97 Å². The molecule has 2 rings (SSSR count). The minimum absolute atomic E-state index is 0.114. The van der Waals surface area contributed by atoms with Crippen LogP contribution in [0.1, 0.15) is 51.4 Å². The van der Waals surface area contributed by atoms with Gasteiger partial charge in [0, 0.05) is 13.2 Å². The van der Waals surface area contributed by atoms with E-state index in [4.69, 9.17) is 9.47 Å². The molecule has 0 heterocycles. The topological polar surface area (TPSA) is 47.6 Å². The Morgan fingerprint density at radius 1 is 1.20 bits per heavy atom. The summed E-state index contributed by atoms with van der Waals surface area (Å²) in [5, 5.41) is 3.23. The third kappa shape index (κ3) is 3.34. The van der Waals surface area contributed by atoms with Crippen molar-refractivity contribution in [3.63, 3.8) is 0 Å². The minimum Gasteiger partial charge on any atom is -0.468 e. The molecule has 4 heteroatoms. The summed E-state index contributed by atoms with van der Waals surface area (Å²) < 4.78 is 10.8. The lowest BCUT2D eigenvalue weighted by atomic mass is 9.83. The number of rotatable bonds is 8. The molecule has 0 aromatic carbocycles. The van der Waals surface area contributed by atoms with Crippen LogP contribution in [0.25, 0.3) is 0 Å². The zero-order valence-electron chi connectivity index (χ0n) is 13.0. The van der Waals surface area contributed by atoms with Crippen molar-refractivity contribution in [2.24, 2.45) is 11.8 Å². The van der Waals surface area contributed by atoms with E-state index in [9.17, 15) is 4.79 Å². The maximum Gasteiger partial charge on any atom is 0.326 e. The van der Waals surface area contributed by atoms with Crippen LogP contribution in [0.4, 0.5) is 0 Å². The average molecular weight is 283 g/mol. The summed E-state index contributed by atoms with van der Waals surface area (Å²) in [5.74, 6) is 1.13. The highest BCUT2D eigenvalue weighted by Crippen LogP contribution is 2.38. The van der Waals surface area contributed by atoms with Gasteiger partial charge in [-0.2, -0.15) is 0 Å². The summed E-state index contributed by atoms with van der Waals surface area (Å²) in [4.78, 5) is 12.1. The molecule has 2 saturated carbocycles. The lowest BCUT2D eigenvalue weighted by molar-refractivity contribution is -0.150. The molecule has 4 nitrogen and oxygen atoms in total. The standard InChI is InChI=1S/C16H29NO3/c1-17-16(15(18)19-2)10-4-7-14(16)9-12-20-11-8-13-5-3-6-13/h13-14,17H,3-12H2,1-2H3. The van der Waals surface area contributed by atoms with Gasteiger partial charge in [0.2, 0.25) is 0 Å². The van der Waals surface area contributed by atoms with Crippen molar-refractivity contribution in [3.05, 3.63) is 0 Å². The molecule has 0 bridgehead atoms. The van der Waals surface area contributed by atoms with E-state index in [1.165, 1.54) is 32.8 Å². The molecular formula is C16H29NO3. The van der Waals surface area contributed by atoms with Gasteiger partial charge in [0.25, 0.3) is 0 Å². The number of hydrogen-bond acceptors (Lipinski definition) is 4. The second kappa shape index (κ2) is 7.41. The Morgan fingerprint density at radius 2 is 1.95 bits per heavy atom. The zero-order chi connectivity index (χ0) is 14.4. The van der Waals surface area contributed by atoms with Crippen LogP contribution < -0.4 is 5.32 Å². The molecular weight excluding hydrogens is 254 g/mol. The highest BCUT2D eigenvalue weighted by atomic mass is 16.5. The molecule has 2 aliphatic carbocycles. The number of methoxy groups -OCH3 is 1. The molecule has 1 N–H and O–H groups in total. The molecule has 0 spiro atoms. The van der Waals surface area contributed by atoms with Crippen LogP contribution in [0.5, 0.6) is 0 Å². The zero-order valence-corrected chi connectivity index (χ0v) is 13.0. The first-order valence-corrected chi connectivity index (χ1v) is 8.08. The predicted octanol–water partition coefficient (Wildman–Crippen LogP) is 2.51.